The maximum Gasteiger partial charge on any atom is 0.0717 e. The van der Waals surface area contributed by atoms with Gasteiger partial charge in [-0.25, -0.2) is 0 Å². The van der Waals surface area contributed by atoms with Gasteiger partial charge in [0.15, 0.2) is 0 Å². The summed E-state index contributed by atoms with van der Waals surface area (Å²) in [6.45, 7) is 2.63. The van der Waals surface area contributed by atoms with E-state index < -0.39 is 0 Å². The Morgan fingerprint density at radius 2 is 2.13 bits per heavy atom. The third kappa shape index (κ3) is 3.65. The number of nitrogens with one attached hydrogen (secondary N) is 1. The van der Waals surface area contributed by atoms with E-state index in [0.29, 0.717) is 0 Å². The van der Waals surface area contributed by atoms with Crippen molar-refractivity contribution in [3.63, 3.8) is 0 Å². The highest BCUT2D eigenvalue weighted by molar-refractivity contribution is 5.22. The highest BCUT2D eigenvalue weighted by Crippen LogP contribution is 2.29. The molecular formula is C13H19NO. The zero-order valence-corrected chi connectivity index (χ0v) is 9.33. The molecule has 0 saturated heterocycles. The second-order valence-corrected chi connectivity index (χ2v) is 4.31. The van der Waals surface area contributed by atoms with E-state index in [1.54, 1.807) is 0 Å². The summed E-state index contributed by atoms with van der Waals surface area (Å²) >= 11 is 0. The van der Waals surface area contributed by atoms with Crippen LogP contribution in [-0.4, -0.2) is 13.7 Å². The lowest BCUT2D eigenvalue weighted by atomic mass is 10.1. The zero-order valence-electron chi connectivity index (χ0n) is 9.33. The van der Waals surface area contributed by atoms with Gasteiger partial charge in [-0.3, -0.25) is 0 Å². The number of hydrogen-bond acceptors (Lipinski definition) is 2. The van der Waals surface area contributed by atoms with E-state index in [-0.39, 0.29) is 0 Å². The molecule has 1 saturated carbocycles. The second-order valence-electron chi connectivity index (χ2n) is 4.31. The van der Waals surface area contributed by atoms with Crippen LogP contribution < -0.4 is 5.32 Å². The first-order valence-electron chi connectivity index (χ1n) is 5.68. The van der Waals surface area contributed by atoms with Crippen LogP contribution in [0.3, 0.4) is 0 Å². The Morgan fingerprint density at radius 1 is 1.33 bits per heavy atom. The molecule has 1 fully saturated rings. The molecule has 0 radical (unpaired) electrons. The maximum atomic E-state index is 5.66. The van der Waals surface area contributed by atoms with Gasteiger partial charge in [0.2, 0.25) is 0 Å². The average molecular weight is 205 g/mol. The third-order valence-electron chi connectivity index (χ3n) is 2.69. The zero-order chi connectivity index (χ0) is 10.5. The van der Waals surface area contributed by atoms with Crippen molar-refractivity contribution >= 4 is 0 Å². The van der Waals surface area contributed by atoms with Crippen LogP contribution in [0.4, 0.5) is 0 Å². The van der Waals surface area contributed by atoms with Gasteiger partial charge >= 0.3 is 0 Å². The lowest BCUT2D eigenvalue weighted by molar-refractivity contribution is 0.111. The minimum absolute atomic E-state index is 0.758. The molecule has 0 unspecified atom stereocenters. The lowest BCUT2D eigenvalue weighted by Crippen LogP contribution is -2.05. The van der Waals surface area contributed by atoms with Gasteiger partial charge in [0.05, 0.1) is 6.61 Å². The minimum Gasteiger partial charge on any atom is -0.376 e. The maximum absolute atomic E-state index is 5.66. The van der Waals surface area contributed by atoms with Crippen molar-refractivity contribution in [2.75, 3.05) is 13.7 Å². The number of rotatable bonds is 6. The van der Waals surface area contributed by atoms with Crippen molar-refractivity contribution in [1.82, 2.24) is 5.32 Å². The van der Waals surface area contributed by atoms with E-state index in [0.717, 1.165) is 25.7 Å². The fourth-order valence-electron chi connectivity index (χ4n) is 1.66. The fourth-order valence-corrected chi connectivity index (χ4v) is 1.66. The lowest BCUT2D eigenvalue weighted by Gasteiger charge is -2.05. The van der Waals surface area contributed by atoms with Gasteiger partial charge in [0.1, 0.15) is 0 Å². The van der Waals surface area contributed by atoms with Gasteiger partial charge in [-0.05, 0) is 36.9 Å². The van der Waals surface area contributed by atoms with Crippen molar-refractivity contribution in [3.05, 3.63) is 35.4 Å². The summed E-state index contributed by atoms with van der Waals surface area (Å²) in [6, 6.07) is 8.58. The molecule has 0 heterocycles. The van der Waals surface area contributed by atoms with Crippen molar-refractivity contribution in [1.29, 1.82) is 0 Å². The fraction of sp³-hybridized carbons (Fsp3) is 0.538. The Labute approximate surface area is 91.6 Å². The molecule has 1 aliphatic carbocycles. The van der Waals surface area contributed by atoms with Gasteiger partial charge in [-0.2, -0.15) is 0 Å². The smallest absolute Gasteiger partial charge is 0.0717 e. The van der Waals surface area contributed by atoms with Gasteiger partial charge in [-0.15, -0.1) is 0 Å². The highest BCUT2D eigenvalue weighted by Gasteiger charge is 2.20. The summed E-state index contributed by atoms with van der Waals surface area (Å²) in [7, 11) is 1.97. The van der Waals surface area contributed by atoms with E-state index >= 15 is 0 Å². The largest absolute Gasteiger partial charge is 0.376 e. The van der Waals surface area contributed by atoms with Crippen LogP contribution in [0.2, 0.25) is 0 Å². The Hall–Kier alpha value is -0.860. The first kappa shape index (κ1) is 10.7. The Balaban J connectivity index is 1.80. The summed E-state index contributed by atoms with van der Waals surface area (Å²) in [6.07, 6.45) is 2.72. The van der Waals surface area contributed by atoms with Crippen molar-refractivity contribution in [3.8, 4) is 0 Å². The molecule has 1 aliphatic rings. The first-order chi connectivity index (χ1) is 7.38. The van der Waals surface area contributed by atoms with Gasteiger partial charge in [0.25, 0.3) is 0 Å². The predicted octanol–water partition coefficient (Wildman–Crippen LogP) is 2.33. The van der Waals surface area contributed by atoms with Gasteiger partial charge in [-0.1, -0.05) is 24.3 Å². The molecule has 2 rings (SSSR count). The monoisotopic (exact) mass is 205 g/mol. The third-order valence-corrected chi connectivity index (χ3v) is 2.69. The van der Waals surface area contributed by atoms with Crippen LogP contribution in [0.25, 0.3) is 0 Å². The summed E-state index contributed by atoms with van der Waals surface area (Å²) in [5.41, 5.74) is 2.61. The van der Waals surface area contributed by atoms with E-state index in [2.05, 4.69) is 29.6 Å². The van der Waals surface area contributed by atoms with E-state index in [1.807, 2.05) is 7.05 Å². The molecule has 0 spiro atoms. The van der Waals surface area contributed by atoms with Gasteiger partial charge < -0.3 is 10.1 Å². The summed E-state index contributed by atoms with van der Waals surface area (Å²) < 4.78 is 5.66. The predicted molar refractivity (Wildman–Crippen MR) is 61.6 cm³/mol. The van der Waals surface area contributed by atoms with E-state index in [1.165, 1.54) is 24.0 Å². The molecule has 0 aromatic heterocycles. The number of benzene rings is 1. The van der Waals surface area contributed by atoms with Gasteiger partial charge in [0, 0.05) is 13.2 Å². The second kappa shape index (κ2) is 5.29. The molecule has 0 bridgehead atoms. The van der Waals surface area contributed by atoms with Crippen LogP contribution in [0.15, 0.2) is 24.3 Å². The first-order valence-corrected chi connectivity index (χ1v) is 5.68. The molecule has 1 aromatic rings. The molecule has 1 aromatic carbocycles. The molecule has 0 aliphatic heterocycles. The quantitative estimate of drug-likeness (QED) is 0.769. The van der Waals surface area contributed by atoms with Crippen LogP contribution in [0, 0.1) is 5.92 Å². The van der Waals surface area contributed by atoms with Crippen LogP contribution in [0.1, 0.15) is 24.0 Å². The number of hydrogen-bond donors (Lipinski definition) is 1. The Morgan fingerprint density at radius 3 is 2.87 bits per heavy atom. The molecule has 2 nitrogen and oxygen atoms in total. The SMILES string of the molecule is CNCc1cccc(COCC2CC2)c1. The molecule has 82 valence electrons. The van der Waals surface area contributed by atoms with E-state index in [9.17, 15) is 0 Å². The normalized spacial score (nSPS) is 15.5. The van der Waals surface area contributed by atoms with Crippen LogP contribution >= 0.6 is 0 Å². The molecule has 2 heteroatoms. The van der Waals surface area contributed by atoms with Crippen molar-refractivity contribution in [2.45, 2.75) is 26.0 Å². The highest BCUT2D eigenvalue weighted by atomic mass is 16.5. The molecule has 0 atom stereocenters. The van der Waals surface area contributed by atoms with E-state index in [4.69, 9.17) is 4.74 Å². The summed E-state index contributed by atoms with van der Waals surface area (Å²) in [4.78, 5) is 0. The van der Waals surface area contributed by atoms with Crippen molar-refractivity contribution in [2.24, 2.45) is 5.92 Å². The molecule has 0 amide bonds. The average Bonchev–Trinajstić information content (AvgIpc) is 3.03. The topological polar surface area (TPSA) is 21.3 Å². The van der Waals surface area contributed by atoms with Crippen LogP contribution in [-0.2, 0) is 17.9 Å². The summed E-state index contributed by atoms with van der Waals surface area (Å²) in [5.74, 6) is 0.852. The standard InChI is InChI=1S/C13H19NO/c1-14-8-12-3-2-4-13(7-12)10-15-9-11-5-6-11/h2-4,7,11,14H,5-6,8-10H2,1H3. The minimum atomic E-state index is 0.758. The number of ether oxygens (including phenoxy) is 1. The molecule has 15 heavy (non-hydrogen) atoms. The Kier molecular flexibility index (Phi) is 3.75. The van der Waals surface area contributed by atoms with Crippen LogP contribution in [0.5, 0.6) is 0 Å². The summed E-state index contributed by atoms with van der Waals surface area (Å²) in [5, 5.41) is 3.15. The van der Waals surface area contributed by atoms with Crippen molar-refractivity contribution < 1.29 is 4.74 Å². The Bertz CT molecular complexity index is 307. The molecule has 1 N–H and O–H groups in total. The molecular weight excluding hydrogens is 186 g/mol.